The number of amides is 4. The van der Waals surface area contributed by atoms with Crippen LogP contribution in [0.2, 0.25) is 0 Å². The number of fused-ring (bicyclic) bond motifs is 1. The molecule has 1 aromatic heterocycles. The Kier molecular flexibility index (Phi) is 3.00. The number of aryl methyl sites for hydroxylation is 1. The van der Waals surface area contributed by atoms with Crippen LogP contribution < -0.4 is 10.6 Å². The Hall–Kier alpha value is -1.89. The molecule has 1 spiro atoms. The van der Waals surface area contributed by atoms with Gasteiger partial charge in [0.15, 0.2) is 0 Å². The largest absolute Gasteiger partial charge is 0.336 e. The summed E-state index contributed by atoms with van der Waals surface area (Å²) in [7, 11) is 0. The monoisotopic (exact) mass is 319 g/mol. The maximum Gasteiger partial charge on any atom is 0.322 e. The van der Waals surface area contributed by atoms with Crippen molar-refractivity contribution in [2.45, 2.75) is 37.6 Å². The lowest BCUT2D eigenvalue weighted by molar-refractivity contribution is -0.123. The van der Waals surface area contributed by atoms with Crippen molar-refractivity contribution in [3.05, 3.63) is 21.4 Å². The predicted molar refractivity (Wildman–Crippen MR) is 80.9 cm³/mol. The van der Waals surface area contributed by atoms with Crippen LogP contribution in [0.1, 0.15) is 40.1 Å². The molecule has 2 fully saturated rings. The van der Waals surface area contributed by atoms with Gasteiger partial charge in [0.05, 0.1) is 12.1 Å². The first-order chi connectivity index (χ1) is 10.6. The Labute approximate surface area is 131 Å². The van der Waals surface area contributed by atoms with E-state index in [0.29, 0.717) is 13.0 Å². The molecule has 3 heterocycles. The Bertz CT molecular complexity index is 684. The van der Waals surface area contributed by atoms with E-state index in [4.69, 9.17) is 0 Å². The van der Waals surface area contributed by atoms with Crippen molar-refractivity contribution in [3.63, 3.8) is 0 Å². The van der Waals surface area contributed by atoms with Gasteiger partial charge in [-0.15, -0.1) is 11.3 Å². The second-order valence-corrected chi connectivity index (χ2v) is 7.19. The maximum atomic E-state index is 12.8. The molecule has 0 aromatic carbocycles. The summed E-state index contributed by atoms with van der Waals surface area (Å²) in [6.45, 7) is 0.755. The summed E-state index contributed by atoms with van der Waals surface area (Å²) in [6.07, 6.45) is 4.83. The maximum absolute atomic E-state index is 12.8. The predicted octanol–water partition coefficient (Wildman–Crippen LogP) is 1.05. The zero-order chi connectivity index (χ0) is 15.3. The van der Waals surface area contributed by atoms with Gasteiger partial charge in [0.25, 0.3) is 11.8 Å². The van der Waals surface area contributed by atoms with E-state index in [1.165, 1.54) is 16.9 Å². The molecule has 2 aliphatic heterocycles. The van der Waals surface area contributed by atoms with Crippen molar-refractivity contribution in [1.82, 2.24) is 15.5 Å². The van der Waals surface area contributed by atoms with Gasteiger partial charge in [0.2, 0.25) is 0 Å². The lowest BCUT2D eigenvalue weighted by Crippen LogP contribution is -2.49. The van der Waals surface area contributed by atoms with E-state index in [1.807, 2.05) is 5.38 Å². The molecule has 3 aliphatic rings. The number of carbonyl (C=O) groups excluding carboxylic acids is 3. The summed E-state index contributed by atoms with van der Waals surface area (Å²) in [6, 6.07) is -0.466. The first-order valence-corrected chi connectivity index (χ1v) is 8.49. The summed E-state index contributed by atoms with van der Waals surface area (Å²) in [5.41, 5.74) is 1.06. The number of urea groups is 1. The van der Waals surface area contributed by atoms with Crippen molar-refractivity contribution in [2.75, 3.05) is 13.1 Å². The van der Waals surface area contributed by atoms with Crippen molar-refractivity contribution in [1.29, 1.82) is 0 Å². The molecule has 1 aromatic rings. The number of imide groups is 1. The highest BCUT2D eigenvalue weighted by Crippen LogP contribution is 2.33. The lowest BCUT2D eigenvalue weighted by Gasteiger charge is -2.21. The SMILES string of the molecule is O=C1NC(=O)[C@]2(CCN(C(=O)c3csc4c3CCCC4)C2)N1. The van der Waals surface area contributed by atoms with Crippen molar-refractivity contribution >= 4 is 29.2 Å². The van der Waals surface area contributed by atoms with Gasteiger partial charge in [-0.2, -0.15) is 0 Å². The van der Waals surface area contributed by atoms with Gasteiger partial charge in [0, 0.05) is 16.8 Å². The fourth-order valence-electron chi connectivity index (χ4n) is 3.64. The molecule has 0 saturated carbocycles. The number of likely N-dealkylation sites (tertiary alicyclic amines) is 1. The van der Waals surface area contributed by atoms with Gasteiger partial charge in [-0.25, -0.2) is 4.79 Å². The second kappa shape index (κ2) is 4.81. The molecular weight excluding hydrogens is 302 g/mol. The van der Waals surface area contributed by atoms with E-state index in [-0.39, 0.29) is 18.4 Å². The van der Waals surface area contributed by atoms with E-state index in [2.05, 4.69) is 10.6 Å². The number of hydrogen-bond acceptors (Lipinski definition) is 4. The van der Waals surface area contributed by atoms with Gasteiger partial charge in [-0.05, 0) is 37.7 Å². The third-order valence-corrected chi connectivity index (χ3v) is 5.95. The van der Waals surface area contributed by atoms with E-state index >= 15 is 0 Å². The van der Waals surface area contributed by atoms with Gasteiger partial charge in [-0.3, -0.25) is 14.9 Å². The summed E-state index contributed by atoms with van der Waals surface area (Å²) in [4.78, 5) is 39.2. The molecule has 22 heavy (non-hydrogen) atoms. The summed E-state index contributed by atoms with van der Waals surface area (Å²) < 4.78 is 0. The number of thiophene rings is 1. The van der Waals surface area contributed by atoms with Crippen LogP contribution in [0.5, 0.6) is 0 Å². The third-order valence-electron chi connectivity index (χ3n) is 4.86. The summed E-state index contributed by atoms with van der Waals surface area (Å²) >= 11 is 1.67. The number of carbonyl (C=O) groups is 3. The van der Waals surface area contributed by atoms with E-state index in [9.17, 15) is 14.4 Å². The number of hydrogen-bond donors (Lipinski definition) is 2. The standard InChI is InChI=1S/C15H17N3O3S/c19-12(10-7-22-11-4-2-1-3-9(10)11)18-6-5-15(8-18)13(20)16-14(21)17-15/h7H,1-6,8H2,(H2,16,17,20,21)/t15-/m1/s1. The smallest absolute Gasteiger partial charge is 0.322 e. The van der Waals surface area contributed by atoms with Crippen LogP contribution >= 0.6 is 11.3 Å². The number of rotatable bonds is 1. The lowest BCUT2D eigenvalue weighted by atomic mass is 9.95. The Morgan fingerprint density at radius 1 is 1.27 bits per heavy atom. The van der Waals surface area contributed by atoms with Crippen LogP contribution in [0.3, 0.4) is 0 Å². The fraction of sp³-hybridized carbons (Fsp3) is 0.533. The molecule has 0 radical (unpaired) electrons. The first kappa shape index (κ1) is 13.8. The molecule has 4 amide bonds. The van der Waals surface area contributed by atoms with Gasteiger partial charge >= 0.3 is 6.03 Å². The van der Waals surface area contributed by atoms with Crippen LogP contribution in [-0.2, 0) is 17.6 Å². The molecule has 0 bridgehead atoms. The Morgan fingerprint density at radius 2 is 2.09 bits per heavy atom. The molecule has 7 heteroatoms. The molecule has 1 aliphatic carbocycles. The van der Waals surface area contributed by atoms with Gasteiger partial charge in [-0.1, -0.05) is 0 Å². The number of nitrogens with zero attached hydrogens (tertiary/aromatic N) is 1. The van der Waals surface area contributed by atoms with Gasteiger partial charge < -0.3 is 10.2 Å². The first-order valence-electron chi connectivity index (χ1n) is 7.61. The fourth-order valence-corrected chi connectivity index (χ4v) is 4.76. The van der Waals surface area contributed by atoms with E-state index < -0.39 is 11.6 Å². The molecule has 116 valence electrons. The summed E-state index contributed by atoms with van der Waals surface area (Å²) in [5, 5.41) is 6.90. The van der Waals surface area contributed by atoms with Gasteiger partial charge in [0.1, 0.15) is 5.54 Å². The zero-order valence-corrected chi connectivity index (χ0v) is 12.9. The normalized spacial score (nSPS) is 27.0. The molecular formula is C15H17N3O3S. The molecule has 2 N–H and O–H groups in total. The van der Waals surface area contributed by atoms with Crippen molar-refractivity contribution < 1.29 is 14.4 Å². The van der Waals surface area contributed by atoms with E-state index in [1.54, 1.807) is 16.2 Å². The molecule has 0 unspecified atom stereocenters. The minimum absolute atomic E-state index is 0.00905. The molecule has 6 nitrogen and oxygen atoms in total. The quantitative estimate of drug-likeness (QED) is 0.760. The average molecular weight is 319 g/mol. The van der Waals surface area contributed by atoms with Crippen LogP contribution in [0.15, 0.2) is 5.38 Å². The van der Waals surface area contributed by atoms with Crippen LogP contribution in [0.25, 0.3) is 0 Å². The minimum Gasteiger partial charge on any atom is -0.336 e. The zero-order valence-electron chi connectivity index (χ0n) is 12.1. The molecule has 2 saturated heterocycles. The van der Waals surface area contributed by atoms with Crippen molar-refractivity contribution in [2.24, 2.45) is 0 Å². The number of nitrogens with one attached hydrogen (secondary N) is 2. The van der Waals surface area contributed by atoms with Crippen LogP contribution in [0.4, 0.5) is 4.79 Å². The topological polar surface area (TPSA) is 78.5 Å². The molecule has 4 rings (SSSR count). The Morgan fingerprint density at radius 3 is 2.86 bits per heavy atom. The van der Waals surface area contributed by atoms with E-state index in [0.717, 1.165) is 24.8 Å². The summed E-state index contributed by atoms with van der Waals surface area (Å²) in [5.74, 6) is -0.328. The highest BCUT2D eigenvalue weighted by atomic mass is 32.1. The third kappa shape index (κ3) is 1.95. The van der Waals surface area contributed by atoms with Crippen molar-refractivity contribution in [3.8, 4) is 0 Å². The minimum atomic E-state index is -0.928. The average Bonchev–Trinajstić information content (AvgIpc) is 3.17. The second-order valence-electron chi connectivity index (χ2n) is 6.23. The Balaban J connectivity index is 1.56. The highest BCUT2D eigenvalue weighted by Gasteiger charge is 2.51. The highest BCUT2D eigenvalue weighted by molar-refractivity contribution is 7.10. The van der Waals surface area contributed by atoms with Crippen LogP contribution in [0, 0.1) is 0 Å². The molecule has 1 atom stereocenters. The van der Waals surface area contributed by atoms with Crippen LogP contribution in [-0.4, -0.2) is 41.4 Å².